The molecule has 0 saturated carbocycles. The number of nitrogens with one attached hydrogen (secondary N) is 1. The number of carbonyl (C=O) groups is 3. The number of benzene rings is 1. The molecule has 168 valence electrons. The summed E-state index contributed by atoms with van der Waals surface area (Å²) < 4.78 is 12.1. The summed E-state index contributed by atoms with van der Waals surface area (Å²) in [6, 6.07) is 5.05. The number of hydrogen-bond acceptors (Lipinski definition) is 5. The van der Waals surface area contributed by atoms with Crippen molar-refractivity contribution in [3.8, 4) is 5.75 Å². The zero-order valence-corrected chi connectivity index (χ0v) is 20.3. The average Bonchev–Trinajstić information content (AvgIpc) is 3.24. The number of nitrogens with zero attached hydrogens (tertiary/aromatic N) is 1. The van der Waals surface area contributed by atoms with Gasteiger partial charge in [-0.3, -0.25) is 14.5 Å². The summed E-state index contributed by atoms with van der Waals surface area (Å²) in [5, 5.41) is 2.78. The third kappa shape index (κ3) is 3.96. The molecule has 0 spiro atoms. The van der Waals surface area contributed by atoms with Crippen LogP contribution in [0.4, 0.5) is 0 Å². The first-order valence-electron chi connectivity index (χ1n) is 10.7. The molecule has 32 heavy (non-hydrogen) atoms. The first kappa shape index (κ1) is 22.6. The maximum Gasteiger partial charge on any atom is 0.336 e. The van der Waals surface area contributed by atoms with Crippen molar-refractivity contribution < 1.29 is 23.9 Å². The number of rotatable bonds is 7. The van der Waals surface area contributed by atoms with E-state index in [0.717, 1.165) is 26.7 Å². The van der Waals surface area contributed by atoms with Gasteiger partial charge in [0.1, 0.15) is 11.8 Å². The van der Waals surface area contributed by atoms with Gasteiger partial charge < -0.3 is 14.8 Å². The molecule has 1 saturated heterocycles. The first-order chi connectivity index (χ1) is 15.3. The topological polar surface area (TPSA) is 84.9 Å². The third-order valence-electron chi connectivity index (χ3n) is 5.64. The first-order valence-corrected chi connectivity index (χ1v) is 11.8. The van der Waals surface area contributed by atoms with Gasteiger partial charge in [0.15, 0.2) is 6.61 Å². The smallest absolute Gasteiger partial charge is 0.336 e. The second kappa shape index (κ2) is 9.09. The van der Waals surface area contributed by atoms with E-state index in [-0.39, 0.29) is 30.3 Å². The van der Waals surface area contributed by atoms with E-state index in [2.05, 4.69) is 27.9 Å². The fourth-order valence-corrected chi connectivity index (χ4v) is 4.82. The summed E-state index contributed by atoms with van der Waals surface area (Å²) in [5.74, 6) is -0.227. The van der Waals surface area contributed by atoms with Gasteiger partial charge in [0, 0.05) is 12.1 Å². The Morgan fingerprint density at radius 3 is 2.78 bits per heavy atom. The molecule has 3 aliphatic rings. The summed E-state index contributed by atoms with van der Waals surface area (Å²) in [4.78, 5) is 38.9. The maximum atomic E-state index is 13.1. The van der Waals surface area contributed by atoms with E-state index in [1.807, 2.05) is 57.2 Å². The van der Waals surface area contributed by atoms with E-state index >= 15 is 0 Å². The van der Waals surface area contributed by atoms with Crippen LogP contribution < -0.4 is 10.1 Å². The molecule has 0 aromatic heterocycles. The summed E-state index contributed by atoms with van der Waals surface area (Å²) in [7, 11) is 0. The van der Waals surface area contributed by atoms with Gasteiger partial charge in [0.05, 0.1) is 9.49 Å². The van der Waals surface area contributed by atoms with Crippen molar-refractivity contribution in [2.75, 3.05) is 13.2 Å². The Morgan fingerprint density at radius 2 is 2.09 bits per heavy atom. The summed E-state index contributed by atoms with van der Waals surface area (Å²) >= 11 is 2.17. The Labute approximate surface area is 200 Å². The Kier molecular flexibility index (Phi) is 6.41. The lowest BCUT2D eigenvalue weighted by molar-refractivity contribution is -0.140. The standard InChI is InChI=1S/C24H25IN2O5/c1-4-10-26-19(28)12-31-18-9-8-14(11-17(18)25)15-6-5-7-16-20(15)23-27(22(16)29)21(13(2)3)24(30)32-23/h5-9,11,13,16,21H,4,10,12H2,1-3H3,(H,26,28). The van der Waals surface area contributed by atoms with E-state index in [9.17, 15) is 14.4 Å². The van der Waals surface area contributed by atoms with Crippen LogP contribution in [0.5, 0.6) is 5.75 Å². The van der Waals surface area contributed by atoms with E-state index < -0.39 is 12.0 Å². The quantitative estimate of drug-likeness (QED) is 0.417. The Bertz CT molecular complexity index is 1070. The van der Waals surface area contributed by atoms with Gasteiger partial charge >= 0.3 is 5.97 Å². The zero-order chi connectivity index (χ0) is 23.0. The highest BCUT2D eigenvalue weighted by atomic mass is 127. The maximum absolute atomic E-state index is 13.1. The van der Waals surface area contributed by atoms with Crippen LogP contribution in [0.1, 0.15) is 32.8 Å². The second-order valence-corrected chi connectivity index (χ2v) is 9.43. The van der Waals surface area contributed by atoms with Crippen LogP contribution in [-0.2, 0) is 19.1 Å². The predicted molar refractivity (Wildman–Crippen MR) is 127 cm³/mol. The normalized spacial score (nSPS) is 21.5. The molecule has 2 aliphatic heterocycles. The molecule has 1 fully saturated rings. The largest absolute Gasteiger partial charge is 0.483 e. The molecule has 0 bridgehead atoms. The highest BCUT2D eigenvalue weighted by molar-refractivity contribution is 14.1. The minimum atomic E-state index is -0.597. The molecule has 2 heterocycles. The molecule has 8 heteroatoms. The molecule has 0 radical (unpaired) electrons. The molecule has 2 amide bonds. The molecule has 2 unspecified atom stereocenters. The number of halogens is 1. The number of esters is 1. The lowest BCUT2D eigenvalue weighted by Crippen LogP contribution is -2.40. The van der Waals surface area contributed by atoms with Crippen molar-refractivity contribution in [2.45, 2.75) is 33.2 Å². The summed E-state index contributed by atoms with van der Waals surface area (Å²) in [5.41, 5.74) is 2.44. The number of allylic oxidation sites excluding steroid dienone is 3. The SMILES string of the molecule is CCCNC(=O)COc1ccc(C2=CC=CC3C(=O)N4C(=C23)OC(=O)C4C(C)C)cc1I. The fraction of sp³-hybridized carbons (Fsp3) is 0.375. The van der Waals surface area contributed by atoms with Gasteiger partial charge in [-0.2, -0.15) is 0 Å². The van der Waals surface area contributed by atoms with Crippen molar-refractivity contribution in [1.82, 2.24) is 10.2 Å². The zero-order valence-electron chi connectivity index (χ0n) is 18.2. The van der Waals surface area contributed by atoms with Crippen molar-refractivity contribution in [1.29, 1.82) is 0 Å². The predicted octanol–water partition coefficient (Wildman–Crippen LogP) is 3.40. The Balaban J connectivity index is 1.61. The Hall–Kier alpha value is -2.62. The monoisotopic (exact) mass is 548 g/mol. The van der Waals surface area contributed by atoms with Gasteiger partial charge in [-0.15, -0.1) is 0 Å². The number of amides is 2. The van der Waals surface area contributed by atoms with Gasteiger partial charge in [-0.1, -0.05) is 45.1 Å². The van der Waals surface area contributed by atoms with Crippen LogP contribution in [0.3, 0.4) is 0 Å². The fourth-order valence-electron chi connectivity index (χ4n) is 4.14. The number of carbonyl (C=O) groups excluding carboxylic acids is 3. The van der Waals surface area contributed by atoms with Crippen molar-refractivity contribution in [3.05, 3.63) is 57.0 Å². The summed E-state index contributed by atoms with van der Waals surface area (Å²) in [6.45, 7) is 6.38. The van der Waals surface area contributed by atoms with Gasteiger partial charge in [-0.25, -0.2) is 4.79 Å². The second-order valence-electron chi connectivity index (χ2n) is 8.26. The van der Waals surface area contributed by atoms with Crippen LogP contribution >= 0.6 is 22.6 Å². The van der Waals surface area contributed by atoms with Crippen LogP contribution in [0.25, 0.3) is 5.57 Å². The van der Waals surface area contributed by atoms with Gasteiger partial charge in [0.25, 0.3) is 5.91 Å². The Morgan fingerprint density at radius 1 is 1.31 bits per heavy atom. The minimum Gasteiger partial charge on any atom is -0.483 e. The van der Waals surface area contributed by atoms with E-state index in [4.69, 9.17) is 9.47 Å². The highest BCUT2D eigenvalue weighted by Crippen LogP contribution is 2.47. The van der Waals surface area contributed by atoms with E-state index in [1.54, 1.807) is 0 Å². The lowest BCUT2D eigenvalue weighted by atomic mass is 9.86. The number of hydrogen-bond donors (Lipinski definition) is 1. The van der Waals surface area contributed by atoms with Crippen molar-refractivity contribution in [3.63, 3.8) is 0 Å². The molecular weight excluding hydrogens is 523 g/mol. The van der Waals surface area contributed by atoms with E-state index in [1.165, 1.54) is 4.90 Å². The van der Waals surface area contributed by atoms with Crippen LogP contribution in [-0.4, -0.2) is 41.9 Å². The highest BCUT2D eigenvalue weighted by Gasteiger charge is 2.53. The molecule has 1 aromatic rings. The molecule has 7 nitrogen and oxygen atoms in total. The van der Waals surface area contributed by atoms with Crippen molar-refractivity contribution >= 4 is 45.9 Å². The molecule has 2 atom stereocenters. The van der Waals surface area contributed by atoms with Crippen LogP contribution in [0.15, 0.2) is 47.9 Å². The van der Waals surface area contributed by atoms with E-state index in [0.29, 0.717) is 18.2 Å². The lowest BCUT2D eigenvalue weighted by Gasteiger charge is -2.21. The van der Waals surface area contributed by atoms with Crippen LogP contribution in [0, 0.1) is 15.4 Å². The third-order valence-corrected chi connectivity index (χ3v) is 6.49. The minimum absolute atomic E-state index is 0.0475. The van der Waals surface area contributed by atoms with Gasteiger partial charge in [-0.05, 0) is 58.2 Å². The van der Waals surface area contributed by atoms with Crippen molar-refractivity contribution in [2.24, 2.45) is 11.8 Å². The van der Waals surface area contributed by atoms with Crippen LogP contribution in [0.2, 0.25) is 0 Å². The van der Waals surface area contributed by atoms with Gasteiger partial charge in [0.2, 0.25) is 11.8 Å². The number of ether oxygens (including phenoxy) is 2. The molecule has 1 aliphatic carbocycles. The molecule has 1 N–H and O–H groups in total. The average molecular weight is 548 g/mol. The molecule has 1 aromatic carbocycles. The summed E-state index contributed by atoms with van der Waals surface area (Å²) in [6.07, 6.45) is 6.50. The molecule has 4 rings (SSSR count). The molecular formula is C24H25IN2O5. The number of fused-ring (bicyclic) bond motifs is 2.